The van der Waals surface area contributed by atoms with E-state index in [1.807, 2.05) is 19.1 Å². The Morgan fingerprint density at radius 1 is 0.840 bits per heavy atom. The molecule has 0 atom stereocenters. The molecule has 3 aromatic carbocycles. The lowest BCUT2D eigenvalue weighted by Gasteiger charge is -2.12. The lowest BCUT2D eigenvalue weighted by Crippen LogP contribution is -1.95. The summed E-state index contributed by atoms with van der Waals surface area (Å²) in [5.74, 6) is 0. The zero-order chi connectivity index (χ0) is 17.5. The quantitative estimate of drug-likeness (QED) is 0.463. The van der Waals surface area contributed by atoms with Gasteiger partial charge in [-0.2, -0.15) is 0 Å². The molecule has 0 saturated carbocycles. The van der Waals surface area contributed by atoms with E-state index in [4.69, 9.17) is 4.74 Å². The van der Waals surface area contributed by atoms with Crippen LogP contribution in [0.2, 0.25) is 0 Å². The van der Waals surface area contributed by atoms with Crippen LogP contribution in [-0.4, -0.2) is 6.61 Å². The number of rotatable bonds is 7. The van der Waals surface area contributed by atoms with Gasteiger partial charge in [-0.05, 0) is 46.7 Å². The Morgan fingerprint density at radius 2 is 1.52 bits per heavy atom. The van der Waals surface area contributed by atoms with Gasteiger partial charge >= 0.3 is 0 Å². The van der Waals surface area contributed by atoms with Crippen molar-refractivity contribution in [1.82, 2.24) is 0 Å². The summed E-state index contributed by atoms with van der Waals surface area (Å²) in [6.07, 6.45) is 2.82. The van der Waals surface area contributed by atoms with Crippen molar-refractivity contribution >= 4 is 0 Å². The molecular weight excluding hydrogens is 304 g/mol. The van der Waals surface area contributed by atoms with E-state index >= 15 is 0 Å². The third-order valence-electron chi connectivity index (χ3n) is 4.31. The van der Waals surface area contributed by atoms with E-state index in [-0.39, 0.29) is 0 Å². The van der Waals surface area contributed by atoms with Crippen LogP contribution in [-0.2, 0) is 17.8 Å². The Morgan fingerprint density at radius 3 is 2.20 bits per heavy atom. The van der Waals surface area contributed by atoms with Crippen molar-refractivity contribution < 1.29 is 4.74 Å². The van der Waals surface area contributed by atoms with Crippen molar-refractivity contribution in [3.63, 3.8) is 0 Å². The number of allylic oxidation sites excluding steroid dienone is 1. The molecule has 3 aromatic rings. The highest BCUT2D eigenvalue weighted by molar-refractivity contribution is 5.72. The van der Waals surface area contributed by atoms with Gasteiger partial charge in [0.2, 0.25) is 0 Å². The van der Waals surface area contributed by atoms with Crippen LogP contribution in [0.25, 0.3) is 22.3 Å². The SMILES string of the molecule is C=CCc1cc(COCC)ccc1-c1ccc(-c2ccccc2)cc1. The fourth-order valence-electron chi connectivity index (χ4n) is 3.04. The Kier molecular flexibility index (Phi) is 5.81. The molecule has 3 rings (SSSR count). The molecule has 0 aliphatic carbocycles. The van der Waals surface area contributed by atoms with Crippen LogP contribution in [0.1, 0.15) is 18.1 Å². The molecule has 0 aromatic heterocycles. The van der Waals surface area contributed by atoms with Gasteiger partial charge in [-0.25, -0.2) is 0 Å². The summed E-state index contributed by atoms with van der Waals surface area (Å²) >= 11 is 0. The number of ether oxygens (including phenoxy) is 1. The van der Waals surface area contributed by atoms with E-state index in [0.29, 0.717) is 6.61 Å². The summed E-state index contributed by atoms with van der Waals surface area (Å²) in [5, 5.41) is 0. The van der Waals surface area contributed by atoms with Crippen LogP contribution in [0, 0.1) is 0 Å². The largest absolute Gasteiger partial charge is 0.377 e. The lowest BCUT2D eigenvalue weighted by atomic mass is 9.94. The predicted octanol–water partition coefficient (Wildman–Crippen LogP) is 6.29. The monoisotopic (exact) mass is 328 g/mol. The highest BCUT2D eigenvalue weighted by atomic mass is 16.5. The topological polar surface area (TPSA) is 9.23 Å². The number of hydrogen-bond acceptors (Lipinski definition) is 1. The van der Waals surface area contributed by atoms with Crippen molar-refractivity contribution in [2.24, 2.45) is 0 Å². The highest BCUT2D eigenvalue weighted by Crippen LogP contribution is 2.28. The van der Waals surface area contributed by atoms with Gasteiger partial charge in [0.25, 0.3) is 0 Å². The van der Waals surface area contributed by atoms with Gasteiger partial charge < -0.3 is 4.74 Å². The highest BCUT2D eigenvalue weighted by Gasteiger charge is 2.07. The predicted molar refractivity (Wildman–Crippen MR) is 107 cm³/mol. The van der Waals surface area contributed by atoms with Gasteiger partial charge in [0.05, 0.1) is 6.61 Å². The molecule has 0 unspecified atom stereocenters. The summed E-state index contributed by atoms with van der Waals surface area (Å²) in [4.78, 5) is 0. The zero-order valence-corrected chi connectivity index (χ0v) is 14.7. The van der Waals surface area contributed by atoms with E-state index in [2.05, 4.69) is 73.3 Å². The Labute approximate surface area is 150 Å². The van der Waals surface area contributed by atoms with Crippen molar-refractivity contribution in [2.45, 2.75) is 20.0 Å². The molecule has 0 radical (unpaired) electrons. The fraction of sp³-hybridized carbons (Fsp3) is 0.167. The van der Waals surface area contributed by atoms with Gasteiger partial charge in [-0.15, -0.1) is 6.58 Å². The second-order valence-corrected chi connectivity index (χ2v) is 6.06. The van der Waals surface area contributed by atoms with Crippen LogP contribution in [0.5, 0.6) is 0 Å². The minimum atomic E-state index is 0.661. The molecule has 0 spiro atoms. The first kappa shape index (κ1) is 17.2. The molecule has 25 heavy (non-hydrogen) atoms. The van der Waals surface area contributed by atoms with Crippen LogP contribution in [0.3, 0.4) is 0 Å². The van der Waals surface area contributed by atoms with E-state index in [9.17, 15) is 0 Å². The lowest BCUT2D eigenvalue weighted by molar-refractivity contribution is 0.134. The molecule has 1 nitrogen and oxygen atoms in total. The van der Waals surface area contributed by atoms with Crippen LogP contribution < -0.4 is 0 Å². The third kappa shape index (κ3) is 4.26. The maximum Gasteiger partial charge on any atom is 0.0716 e. The van der Waals surface area contributed by atoms with Crippen molar-refractivity contribution in [2.75, 3.05) is 6.61 Å². The molecule has 126 valence electrons. The van der Waals surface area contributed by atoms with Crippen molar-refractivity contribution in [3.8, 4) is 22.3 Å². The maximum atomic E-state index is 5.54. The van der Waals surface area contributed by atoms with E-state index < -0.39 is 0 Å². The summed E-state index contributed by atoms with van der Waals surface area (Å²) in [6.45, 7) is 7.32. The van der Waals surface area contributed by atoms with Crippen LogP contribution in [0.15, 0.2) is 85.5 Å². The second-order valence-electron chi connectivity index (χ2n) is 6.06. The Hall–Kier alpha value is -2.64. The Balaban J connectivity index is 1.91. The minimum absolute atomic E-state index is 0.661. The van der Waals surface area contributed by atoms with Gasteiger partial charge in [0, 0.05) is 6.61 Å². The molecule has 0 fully saturated rings. The molecular formula is C24H24O. The van der Waals surface area contributed by atoms with E-state index in [1.165, 1.54) is 33.4 Å². The average Bonchev–Trinajstić information content (AvgIpc) is 2.68. The molecule has 0 bridgehead atoms. The van der Waals surface area contributed by atoms with Gasteiger partial charge in [-0.1, -0.05) is 78.9 Å². The minimum Gasteiger partial charge on any atom is -0.377 e. The summed E-state index contributed by atoms with van der Waals surface area (Å²) in [6, 6.07) is 25.8. The van der Waals surface area contributed by atoms with Gasteiger partial charge in [0.15, 0.2) is 0 Å². The second kappa shape index (κ2) is 8.46. The summed E-state index contributed by atoms with van der Waals surface area (Å²) < 4.78 is 5.54. The van der Waals surface area contributed by atoms with Gasteiger partial charge in [-0.3, -0.25) is 0 Å². The molecule has 0 aliphatic rings. The molecule has 0 amide bonds. The molecule has 0 aliphatic heterocycles. The van der Waals surface area contributed by atoms with Gasteiger partial charge in [0.1, 0.15) is 0 Å². The maximum absolute atomic E-state index is 5.54. The van der Waals surface area contributed by atoms with E-state index in [1.54, 1.807) is 0 Å². The standard InChI is InChI=1S/C24H24O/c1-3-8-23-17-19(18-25-4-2)11-16-24(23)22-14-12-21(13-15-22)20-9-6-5-7-10-20/h3,5-7,9-17H,1,4,8,18H2,2H3. The number of benzene rings is 3. The molecule has 0 N–H and O–H groups in total. The first-order valence-electron chi connectivity index (χ1n) is 8.78. The summed E-state index contributed by atoms with van der Waals surface area (Å²) in [7, 11) is 0. The smallest absolute Gasteiger partial charge is 0.0716 e. The summed E-state index contributed by atoms with van der Waals surface area (Å²) in [5.41, 5.74) is 7.48. The average molecular weight is 328 g/mol. The fourth-order valence-corrected chi connectivity index (χ4v) is 3.04. The molecule has 0 heterocycles. The first-order valence-corrected chi connectivity index (χ1v) is 8.78. The van der Waals surface area contributed by atoms with Crippen LogP contribution in [0.4, 0.5) is 0 Å². The number of hydrogen-bond donors (Lipinski definition) is 0. The molecule has 0 saturated heterocycles. The normalized spacial score (nSPS) is 10.6. The molecule has 1 heteroatoms. The van der Waals surface area contributed by atoms with Crippen LogP contribution >= 0.6 is 0 Å². The van der Waals surface area contributed by atoms with Crippen molar-refractivity contribution in [3.05, 3.63) is 96.6 Å². The zero-order valence-electron chi connectivity index (χ0n) is 14.7. The first-order chi connectivity index (χ1) is 12.3. The third-order valence-corrected chi connectivity index (χ3v) is 4.31. The van der Waals surface area contributed by atoms with Crippen molar-refractivity contribution in [1.29, 1.82) is 0 Å². The Bertz CT molecular complexity index is 816. The van der Waals surface area contributed by atoms with E-state index in [0.717, 1.165) is 13.0 Å².